The summed E-state index contributed by atoms with van der Waals surface area (Å²) >= 11 is 0. The van der Waals surface area contributed by atoms with Crippen molar-refractivity contribution in [3.63, 3.8) is 0 Å². The van der Waals surface area contributed by atoms with Crippen LogP contribution in [0.5, 0.6) is 0 Å². The number of benzene rings is 1. The smallest absolute Gasteiger partial charge is 0.303 e. The molecule has 5 heteroatoms. The normalized spacial score (nSPS) is 10.2. The first kappa shape index (κ1) is 15.2. The minimum atomic E-state index is -0.823. The van der Waals surface area contributed by atoms with Crippen molar-refractivity contribution in [2.24, 2.45) is 5.73 Å². The SMILES string of the molecule is NCCc1ccc(NC(=O)CCCCC(=O)O)cc1. The van der Waals surface area contributed by atoms with Crippen molar-refractivity contribution in [1.82, 2.24) is 0 Å². The molecule has 0 heterocycles. The topological polar surface area (TPSA) is 92.4 Å². The van der Waals surface area contributed by atoms with E-state index in [0.717, 1.165) is 17.7 Å². The molecule has 1 rings (SSSR count). The number of carbonyl (C=O) groups is 2. The van der Waals surface area contributed by atoms with Gasteiger partial charge in [-0.15, -0.1) is 0 Å². The molecule has 1 aromatic rings. The van der Waals surface area contributed by atoms with E-state index in [1.165, 1.54) is 0 Å². The molecule has 104 valence electrons. The molecule has 0 bridgehead atoms. The van der Waals surface area contributed by atoms with Crippen LogP contribution in [0.15, 0.2) is 24.3 Å². The lowest BCUT2D eigenvalue weighted by molar-refractivity contribution is -0.137. The van der Waals surface area contributed by atoms with Crippen molar-refractivity contribution in [2.45, 2.75) is 32.1 Å². The van der Waals surface area contributed by atoms with Gasteiger partial charge in [-0.1, -0.05) is 12.1 Å². The number of hydrogen-bond acceptors (Lipinski definition) is 3. The van der Waals surface area contributed by atoms with Gasteiger partial charge in [0.1, 0.15) is 0 Å². The summed E-state index contributed by atoms with van der Waals surface area (Å²) in [7, 11) is 0. The number of nitrogens with two attached hydrogens (primary N) is 1. The Morgan fingerprint density at radius 2 is 1.74 bits per heavy atom. The number of carboxylic acids is 1. The quantitative estimate of drug-likeness (QED) is 0.624. The Kier molecular flexibility index (Phi) is 6.60. The fraction of sp³-hybridized carbons (Fsp3) is 0.429. The number of nitrogens with one attached hydrogen (secondary N) is 1. The summed E-state index contributed by atoms with van der Waals surface area (Å²) in [5.74, 6) is -0.909. The number of carbonyl (C=O) groups excluding carboxylic acids is 1. The first-order valence-electron chi connectivity index (χ1n) is 6.42. The number of amides is 1. The predicted octanol–water partition coefficient (Wildman–Crippen LogP) is 1.77. The lowest BCUT2D eigenvalue weighted by Crippen LogP contribution is -2.11. The van der Waals surface area contributed by atoms with Crippen molar-refractivity contribution >= 4 is 17.6 Å². The van der Waals surface area contributed by atoms with Gasteiger partial charge in [-0.05, 0) is 43.5 Å². The third-order valence-electron chi connectivity index (χ3n) is 2.72. The molecule has 0 fully saturated rings. The van der Waals surface area contributed by atoms with E-state index in [1.54, 1.807) is 0 Å². The lowest BCUT2D eigenvalue weighted by Gasteiger charge is -2.06. The van der Waals surface area contributed by atoms with Gasteiger partial charge in [0.05, 0.1) is 0 Å². The van der Waals surface area contributed by atoms with Gasteiger partial charge in [-0.25, -0.2) is 0 Å². The second-order valence-corrected chi connectivity index (χ2v) is 4.38. The van der Waals surface area contributed by atoms with Gasteiger partial charge in [0, 0.05) is 18.5 Å². The summed E-state index contributed by atoms with van der Waals surface area (Å²) in [6.45, 7) is 0.606. The maximum atomic E-state index is 11.6. The highest BCUT2D eigenvalue weighted by atomic mass is 16.4. The van der Waals surface area contributed by atoms with Gasteiger partial charge in [-0.3, -0.25) is 9.59 Å². The molecule has 0 aliphatic heterocycles. The van der Waals surface area contributed by atoms with Crippen molar-refractivity contribution in [1.29, 1.82) is 0 Å². The van der Waals surface area contributed by atoms with Crippen LogP contribution in [0.2, 0.25) is 0 Å². The van der Waals surface area contributed by atoms with E-state index in [-0.39, 0.29) is 12.3 Å². The maximum absolute atomic E-state index is 11.6. The highest BCUT2D eigenvalue weighted by Crippen LogP contribution is 2.11. The molecule has 0 aromatic heterocycles. The number of unbranched alkanes of at least 4 members (excludes halogenated alkanes) is 1. The molecule has 0 atom stereocenters. The van der Waals surface area contributed by atoms with Gasteiger partial charge in [0.15, 0.2) is 0 Å². The molecule has 1 aromatic carbocycles. The van der Waals surface area contributed by atoms with Crippen LogP contribution in [0, 0.1) is 0 Å². The number of rotatable bonds is 8. The Hall–Kier alpha value is -1.88. The fourth-order valence-corrected chi connectivity index (χ4v) is 1.71. The molecule has 0 saturated carbocycles. The summed E-state index contributed by atoms with van der Waals surface area (Å²) in [5, 5.41) is 11.3. The molecule has 0 unspecified atom stereocenters. The van der Waals surface area contributed by atoms with Gasteiger partial charge in [0.2, 0.25) is 5.91 Å². The van der Waals surface area contributed by atoms with Gasteiger partial charge >= 0.3 is 5.97 Å². The number of aliphatic carboxylic acids is 1. The summed E-state index contributed by atoms with van der Waals surface area (Å²) in [4.78, 5) is 21.9. The Balaban J connectivity index is 2.29. The van der Waals surface area contributed by atoms with Crippen molar-refractivity contribution in [3.05, 3.63) is 29.8 Å². The Morgan fingerprint density at radius 3 is 2.32 bits per heavy atom. The molecular weight excluding hydrogens is 244 g/mol. The Morgan fingerprint density at radius 1 is 1.11 bits per heavy atom. The van der Waals surface area contributed by atoms with Crippen molar-refractivity contribution < 1.29 is 14.7 Å². The maximum Gasteiger partial charge on any atom is 0.303 e. The number of hydrogen-bond donors (Lipinski definition) is 3. The van der Waals surface area contributed by atoms with Crippen molar-refractivity contribution in [2.75, 3.05) is 11.9 Å². The van der Waals surface area contributed by atoms with Crippen LogP contribution in [-0.2, 0) is 16.0 Å². The molecule has 1 amide bonds. The molecular formula is C14H20N2O3. The van der Waals surface area contributed by atoms with E-state index < -0.39 is 5.97 Å². The third-order valence-corrected chi connectivity index (χ3v) is 2.72. The lowest BCUT2D eigenvalue weighted by atomic mass is 10.1. The summed E-state index contributed by atoms with van der Waals surface area (Å²) in [6, 6.07) is 7.57. The van der Waals surface area contributed by atoms with Crippen LogP contribution in [0.3, 0.4) is 0 Å². The zero-order valence-corrected chi connectivity index (χ0v) is 10.9. The van der Waals surface area contributed by atoms with Crippen LogP contribution < -0.4 is 11.1 Å². The average Bonchev–Trinajstić information content (AvgIpc) is 2.37. The van der Waals surface area contributed by atoms with Crippen LogP contribution in [-0.4, -0.2) is 23.5 Å². The van der Waals surface area contributed by atoms with E-state index in [9.17, 15) is 9.59 Å². The van der Waals surface area contributed by atoms with Crippen LogP contribution >= 0.6 is 0 Å². The van der Waals surface area contributed by atoms with E-state index in [0.29, 0.717) is 25.8 Å². The minimum absolute atomic E-state index is 0.0861. The number of carboxylic acid groups (broad SMARTS) is 1. The molecule has 0 spiro atoms. The van der Waals surface area contributed by atoms with Crippen LogP contribution in [0.1, 0.15) is 31.2 Å². The zero-order valence-electron chi connectivity index (χ0n) is 10.9. The Labute approximate surface area is 112 Å². The Bertz CT molecular complexity index is 415. The minimum Gasteiger partial charge on any atom is -0.481 e. The third kappa shape index (κ3) is 6.57. The first-order chi connectivity index (χ1) is 9.11. The molecule has 4 N–H and O–H groups in total. The van der Waals surface area contributed by atoms with Crippen LogP contribution in [0.25, 0.3) is 0 Å². The standard InChI is InChI=1S/C14H20N2O3/c15-10-9-11-5-7-12(8-6-11)16-13(17)3-1-2-4-14(18)19/h5-8H,1-4,9-10,15H2,(H,16,17)(H,18,19). The van der Waals surface area contributed by atoms with Gasteiger partial charge in [-0.2, -0.15) is 0 Å². The summed E-state index contributed by atoms with van der Waals surface area (Å²) in [6.07, 6.45) is 2.39. The predicted molar refractivity (Wildman–Crippen MR) is 73.9 cm³/mol. The highest BCUT2D eigenvalue weighted by molar-refractivity contribution is 5.90. The van der Waals surface area contributed by atoms with Crippen molar-refractivity contribution in [3.8, 4) is 0 Å². The first-order valence-corrected chi connectivity index (χ1v) is 6.42. The molecule has 0 saturated heterocycles. The number of anilines is 1. The second-order valence-electron chi connectivity index (χ2n) is 4.38. The molecule has 0 aliphatic carbocycles. The van der Waals surface area contributed by atoms with Gasteiger partial charge < -0.3 is 16.2 Å². The average molecular weight is 264 g/mol. The molecule has 5 nitrogen and oxygen atoms in total. The van der Waals surface area contributed by atoms with Crippen LogP contribution in [0.4, 0.5) is 5.69 Å². The monoisotopic (exact) mass is 264 g/mol. The van der Waals surface area contributed by atoms with Gasteiger partial charge in [0.25, 0.3) is 0 Å². The molecule has 0 radical (unpaired) electrons. The second kappa shape index (κ2) is 8.26. The largest absolute Gasteiger partial charge is 0.481 e. The van der Waals surface area contributed by atoms with E-state index in [4.69, 9.17) is 10.8 Å². The molecule has 0 aliphatic rings. The molecule has 19 heavy (non-hydrogen) atoms. The zero-order chi connectivity index (χ0) is 14.1. The van der Waals surface area contributed by atoms with E-state index in [1.807, 2.05) is 24.3 Å². The van der Waals surface area contributed by atoms with E-state index in [2.05, 4.69) is 5.32 Å². The summed E-state index contributed by atoms with van der Waals surface area (Å²) < 4.78 is 0. The fourth-order valence-electron chi connectivity index (χ4n) is 1.71. The summed E-state index contributed by atoms with van der Waals surface area (Å²) in [5.41, 5.74) is 7.35. The van der Waals surface area contributed by atoms with E-state index >= 15 is 0 Å². The highest BCUT2D eigenvalue weighted by Gasteiger charge is 2.03.